The quantitative estimate of drug-likeness (QED) is 0.840. The van der Waals surface area contributed by atoms with Crippen LogP contribution in [0.2, 0.25) is 0 Å². The molecule has 0 aromatic heterocycles. The molecule has 1 N–H and O–H groups in total. The van der Waals surface area contributed by atoms with Crippen LogP contribution in [-0.2, 0) is 6.42 Å². The average Bonchev–Trinajstić information content (AvgIpc) is 2.19. The van der Waals surface area contributed by atoms with Crippen LogP contribution in [0.4, 0.5) is 0 Å². The van der Waals surface area contributed by atoms with Gasteiger partial charge in [-0.2, -0.15) is 0 Å². The van der Waals surface area contributed by atoms with Gasteiger partial charge in [0.15, 0.2) is 0 Å². The van der Waals surface area contributed by atoms with E-state index in [0.717, 1.165) is 19.3 Å². The van der Waals surface area contributed by atoms with Gasteiger partial charge in [-0.1, -0.05) is 38.5 Å². The Kier molecular flexibility index (Phi) is 4.98. The third-order valence-electron chi connectivity index (χ3n) is 3.74. The molecule has 0 aliphatic rings. The van der Waals surface area contributed by atoms with E-state index in [1.165, 1.54) is 22.3 Å². The zero-order valence-electron chi connectivity index (χ0n) is 12.8. The Balaban J connectivity index is 2.60. The normalized spacial score (nSPS) is 13.7. The Hall–Kier alpha value is -0.820. The van der Waals surface area contributed by atoms with Crippen molar-refractivity contribution in [2.45, 2.75) is 66.9 Å². The Labute approximate surface area is 112 Å². The smallest absolute Gasteiger partial charge is 0.0588 e. The fourth-order valence-electron chi connectivity index (χ4n) is 2.51. The van der Waals surface area contributed by atoms with Crippen molar-refractivity contribution < 1.29 is 5.11 Å². The Morgan fingerprint density at radius 3 is 2.00 bits per heavy atom. The third-order valence-corrected chi connectivity index (χ3v) is 3.74. The van der Waals surface area contributed by atoms with Crippen molar-refractivity contribution in [3.05, 3.63) is 34.4 Å². The van der Waals surface area contributed by atoms with E-state index in [1.54, 1.807) is 0 Å². The predicted molar refractivity (Wildman–Crippen MR) is 79.1 cm³/mol. The maximum atomic E-state index is 10.0. The molecule has 0 radical (unpaired) electrons. The summed E-state index contributed by atoms with van der Waals surface area (Å²) in [5.41, 5.74) is 5.57. The molecule has 1 aromatic rings. The van der Waals surface area contributed by atoms with Crippen molar-refractivity contribution in [3.8, 4) is 0 Å². The van der Waals surface area contributed by atoms with E-state index >= 15 is 0 Å². The molecule has 0 spiro atoms. The summed E-state index contributed by atoms with van der Waals surface area (Å²) in [7, 11) is 0. The molecular formula is C17H28O. The number of aryl methyl sites for hydroxylation is 3. The van der Waals surface area contributed by atoms with Crippen molar-refractivity contribution in [1.29, 1.82) is 0 Å². The summed E-state index contributed by atoms with van der Waals surface area (Å²) < 4.78 is 0. The molecule has 0 saturated carbocycles. The highest BCUT2D eigenvalue weighted by molar-refractivity contribution is 5.37. The van der Waals surface area contributed by atoms with Crippen LogP contribution >= 0.6 is 0 Å². The van der Waals surface area contributed by atoms with Crippen LogP contribution in [0.3, 0.4) is 0 Å². The van der Waals surface area contributed by atoms with E-state index in [2.05, 4.69) is 53.7 Å². The van der Waals surface area contributed by atoms with Gasteiger partial charge in [-0.25, -0.2) is 0 Å². The summed E-state index contributed by atoms with van der Waals surface area (Å²) in [5.74, 6) is 0. The van der Waals surface area contributed by atoms with E-state index in [1.807, 2.05) is 0 Å². The molecule has 1 rings (SSSR count). The van der Waals surface area contributed by atoms with Crippen LogP contribution < -0.4 is 0 Å². The number of hydrogen-bond acceptors (Lipinski definition) is 1. The summed E-state index contributed by atoms with van der Waals surface area (Å²) in [4.78, 5) is 0. The zero-order chi connectivity index (χ0) is 13.9. The minimum Gasteiger partial charge on any atom is -0.393 e. The summed E-state index contributed by atoms with van der Waals surface area (Å²) in [5, 5.41) is 10.0. The summed E-state index contributed by atoms with van der Waals surface area (Å²) in [6.07, 6.45) is 2.81. The molecule has 0 bridgehead atoms. The largest absolute Gasteiger partial charge is 0.393 e. The number of aliphatic hydroxyl groups is 1. The second-order valence-electron chi connectivity index (χ2n) is 6.65. The third kappa shape index (κ3) is 4.13. The monoisotopic (exact) mass is 248 g/mol. The van der Waals surface area contributed by atoms with E-state index in [4.69, 9.17) is 0 Å². The molecule has 0 aliphatic carbocycles. The zero-order valence-corrected chi connectivity index (χ0v) is 12.8. The molecule has 0 aliphatic heterocycles. The molecule has 0 amide bonds. The molecule has 1 aromatic carbocycles. The Morgan fingerprint density at radius 2 is 1.56 bits per heavy atom. The molecule has 1 atom stereocenters. The second kappa shape index (κ2) is 5.88. The highest BCUT2D eigenvalue weighted by Crippen LogP contribution is 2.24. The van der Waals surface area contributed by atoms with Crippen LogP contribution in [-0.4, -0.2) is 11.2 Å². The van der Waals surface area contributed by atoms with Crippen molar-refractivity contribution in [2.75, 3.05) is 0 Å². The van der Waals surface area contributed by atoms with Crippen molar-refractivity contribution >= 4 is 0 Å². The van der Waals surface area contributed by atoms with E-state index < -0.39 is 0 Å². The van der Waals surface area contributed by atoms with E-state index in [9.17, 15) is 5.11 Å². The number of hydrogen-bond donors (Lipinski definition) is 1. The molecule has 0 fully saturated rings. The number of aliphatic hydroxyl groups excluding tert-OH is 1. The lowest BCUT2D eigenvalue weighted by molar-refractivity contribution is 0.0540. The molecule has 0 heterocycles. The first-order valence-electron chi connectivity index (χ1n) is 6.96. The number of benzene rings is 1. The van der Waals surface area contributed by atoms with Crippen LogP contribution in [0.25, 0.3) is 0 Å². The first-order valence-corrected chi connectivity index (χ1v) is 6.96. The van der Waals surface area contributed by atoms with Gasteiger partial charge in [-0.05, 0) is 62.1 Å². The van der Waals surface area contributed by atoms with Crippen LogP contribution in [0.5, 0.6) is 0 Å². The second-order valence-corrected chi connectivity index (χ2v) is 6.65. The lowest BCUT2D eigenvalue weighted by Crippen LogP contribution is -2.25. The Bertz CT molecular complexity index is 376. The molecule has 0 saturated heterocycles. The standard InChI is InChI=1S/C17H28O/c1-12-10-13(2)15(14(3)11-12)8-7-9-16(18)17(4,5)6/h10-11,16,18H,7-9H2,1-6H3. The summed E-state index contributed by atoms with van der Waals surface area (Å²) in [6.45, 7) is 12.8. The van der Waals surface area contributed by atoms with Crippen molar-refractivity contribution in [1.82, 2.24) is 0 Å². The highest BCUT2D eigenvalue weighted by atomic mass is 16.3. The van der Waals surface area contributed by atoms with Gasteiger partial charge in [-0.15, -0.1) is 0 Å². The Morgan fingerprint density at radius 1 is 1.06 bits per heavy atom. The summed E-state index contributed by atoms with van der Waals surface area (Å²) >= 11 is 0. The minimum atomic E-state index is -0.205. The molecule has 102 valence electrons. The summed E-state index contributed by atoms with van der Waals surface area (Å²) in [6, 6.07) is 4.51. The van der Waals surface area contributed by atoms with Crippen LogP contribution in [0, 0.1) is 26.2 Å². The van der Waals surface area contributed by atoms with Crippen molar-refractivity contribution in [3.63, 3.8) is 0 Å². The van der Waals surface area contributed by atoms with Gasteiger partial charge in [0.25, 0.3) is 0 Å². The maximum absolute atomic E-state index is 10.0. The average molecular weight is 248 g/mol. The fraction of sp³-hybridized carbons (Fsp3) is 0.647. The van der Waals surface area contributed by atoms with Gasteiger partial charge in [0.05, 0.1) is 6.10 Å². The van der Waals surface area contributed by atoms with Crippen LogP contribution in [0.15, 0.2) is 12.1 Å². The molecule has 1 unspecified atom stereocenters. The highest BCUT2D eigenvalue weighted by Gasteiger charge is 2.21. The van der Waals surface area contributed by atoms with Gasteiger partial charge in [-0.3, -0.25) is 0 Å². The minimum absolute atomic E-state index is 0.00261. The van der Waals surface area contributed by atoms with Gasteiger partial charge in [0.1, 0.15) is 0 Å². The van der Waals surface area contributed by atoms with Crippen molar-refractivity contribution in [2.24, 2.45) is 5.41 Å². The van der Waals surface area contributed by atoms with Crippen LogP contribution in [0.1, 0.15) is 55.9 Å². The lowest BCUT2D eigenvalue weighted by atomic mass is 9.85. The lowest BCUT2D eigenvalue weighted by Gasteiger charge is -2.26. The van der Waals surface area contributed by atoms with Gasteiger partial charge in [0, 0.05) is 0 Å². The van der Waals surface area contributed by atoms with Gasteiger partial charge >= 0.3 is 0 Å². The SMILES string of the molecule is Cc1cc(C)c(CCCC(O)C(C)(C)C)c(C)c1. The van der Waals surface area contributed by atoms with Gasteiger partial charge < -0.3 is 5.11 Å². The fourth-order valence-corrected chi connectivity index (χ4v) is 2.51. The predicted octanol–water partition coefficient (Wildman–Crippen LogP) is 4.34. The first kappa shape index (κ1) is 15.2. The van der Waals surface area contributed by atoms with E-state index in [0.29, 0.717) is 0 Å². The van der Waals surface area contributed by atoms with E-state index in [-0.39, 0.29) is 11.5 Å². The van der Waals surface area contributed by atoms with Gasteiger partial charge in [0.2, 0.25) is 0 Å². The maximum Gasteiger partial charge on any atom is 0.0588 e. The number of rotatable bonds is 4. The molecular weight excluding hydrogens is 220 g/mol. The first-order chi connectivity index (χ1) is 8.21. The molecule has 1 nitrogen and oxygen atoms in total. The molecule has 18 heavy (non-hydrogen) atoms. The topological polar surface area (TPSA) is 20.2 Å². The molecule has 1 heteroatoms.